The number of nitrogens with two attached hydrogens (primary N) is 2. The summed E-state index contributed by atoms with van der Waals surface area (Å²) in [5, 5.41) is 7.91. The molecule has 0 saturated carbocycles. The number of benzene rings is 1. The zero-order valence-corrected chi connectivity index (χ0v) is 12.4. The fourth-order valence-electron chi connectivity index (χ4n) is 1.75. The maximum atomic E-state index is 11.8. The summed E-state index contributed by atoms with van der Waals surface area (Å²) in [6, 6.07) is 4.16. The predicted molar refractivity (Wildman–Crippen MR) is 78.6 cm³/mol. The molecule has 0 aliphatic heterocycles. The molecule has 0 saturated heterocycles. The van der Waals surface area contributed by atoms with E-state index >= 15 is 0 Å². The number of amides is 1. The third-order valence-electron chi connectivity index (χ3n) is 2.82. The van der Waals surface area contributed by atoms with Crippen LogP contribution in [0.2, 0.25) is 0 Å². The summed E-state index contributed by atoms with van der Waals surface area (Å²) in [6.07, 6.45) is 0. The lowest BCUT2D eigenvalue weighted by molar-refractivity contribution is -0.128. The molecule has 7 nitrogen and oxygen atoms in total. The van der Waals surface area contributed by atoms with Crippen LogP contribution in [0.1, 0.15) is 13.8 Å². The van der Waals surface area contributed by atoms with Crippen LogP contribution in [-0.2, 0) is 14.8 Å². The van der Waals surface area contributed by atoms with E-state index in [9.17, 15) is 13.2 Å². The zero-order chi connectivity index (χ0) is 15.3. The molecule has 112 valence electrons. The van der Waals surface area contributed by atoms with Crippen molar-refractivity contribution >= 4 is 27.3 Å². The van der Waals surface area contributed by atoms with Gasteiger partial charge in [-0.3, -0.25) is 4.79 Å². The lowest BCUT2D eigenvalue weighted by Crippen LogP contribution is -2.35. The molecule has 1 aromatic rings. The number of rotatable bonds is 6. The fourth-order valence-corrected chi connectivity index (χ4v) is 2.35. The first-order chi connectivity index (χ1) is 9.27. The Labute approximate surface area is 119 Å². The maximum absolute atomic E-state index is 11.8. The van der Waals surface area contributed by atoms with Crippen LogP contribution in [-0.4, -0.2) is 38.9 Å². The maximum Gasteiger partial charge on any atom is 0.241 e. The highest BCUT2D eigenvalue weighted by Gasteiger charge is 2.12. The van der Waals surface area contributed by atoms with Gasteiger partial charge >= 0.3 is 0 Å². The predicted octanol–water partition coefficient (Wildman–Crippen LogP) is 0.197. The molecule has 1 rings (SSSR count). The zero-order valence-electron chi connectivity index (χ0n) is 11.6. The minimum Gasteiger partial charge on any atom is -0.399 e. The molecule has 0 aliphatic carbocycles. The van der Waals surface area contributed by atoms with E-state index in [1.54, 1.807) is 11.0 Å². The Morgan fingerprint density at radius 1 is 1.25 bits per heavy atom. The van der Waals surface area contributed by atoms with Crippen LogP contribution >= 0.6 is 0 Å². The average molecular weight is 300 g/mol. The van der Waals surface area contributed by atoms with Gasteiger partial charge < -0.3 is 16.0 Å². The number of carbonyl (C=O) groups excluding carboxylic acids is 1. The number of primary sulfonamides is 1. The molecular formula is C12H20N4O3S. The molecule has 20 heavy (non-hydrogen) atoms. The molecule has 0 bridgehead atoms. The molecule has 0 unspecified atom stereocenters. The Morgan fingerprint density at radius 2 is 1.85 bits per heavy atom. The molecule has 1 amide bonds. The van der Waals surface area contributed by atoms with E-state index in [0.717, 1.165) is 0 Å². The summed E-state index contributed by atoms with van der Waals surface area (Å²) >= 11 is 0. The van der Waals surface area contributed by atoms with Gasteiger partial charge in [0.1, 0.15) is 0 Å². The molecule has 0 radical (unpaired) electrons. The molecule has 0 heterocycles. The van der Waals surface area contributed by atoms with Crippen molar-refractivity contribution in [2.24, 2.45) is 5.14 Å². The van der Waals surface area contributed by atoms with Crippen LogP contribution < -0.4 is 16.2 Å². The van der Waals surface area contributed by atoms with Crippen molar-refractivity contribution in [3.8, 4) is 0 Å². The van der Waals surface area contributed by atoms with Gasteiger partial charge in [0.25, 0.3) is 0 Å². The number of nitrogen functional groups attached to an aromatic ring is 1. The molecule has 0 atom stereocenters. The van der Waals surface area contributed by atoms with Crippen molar-refractivity contribution < 1.29 is 13.2 Å². The number of hydrogen-bond acceptors (Lipinski definition) is 5. The molecular weight excluding hydrogens is 280 g/mol. The molecule has 0 fully saturated rings. The van der Waals surface area contributed by atoms with E-state index in [4.69, 9.17) is 10.9 Å². The van der Waals surface area contributed by atoms with Gasteiger partial charge in [0.15, 0.2) is 0 Å². The number of hydrogen-bond donors (Lipinski definition) is 3. The standard InChI is InChI=1S/C12H20N4O3S/c1-3-16(4-2)12(17)8-15-10-5-9(13)6-11(7-10)20(14,18)19/h5-7,15H,3-4,8,13H2,1-2H3,(H2,14,18,19). The summed E-state index contributed by atoms with van der Waals surface area (Å²) in [4.78, 5) is 13.4. The van der Waals surface area contributed by atoms with Crippen LogP contribution in [0.4, 0.5) is 11.4 Å². The van der Waals surface area contributed by atoms with Gasteiger partial charge in [-0.2, -0.15) is 0 Å². The van der Waals surface area contributed by atoms with Gasteiger partial charge in [0.2, 0.25) is 15.9 Å². The number of anilines is 2. The average Bonchev–Trinajstić information content (AvgIpc) is 2.36. The first-order valence-electron chi connectivity index (χ1n) is 6.23. The third-order valence-corrected chi connectivity index (χ3v) is 3.71. The second kappa shape index (κ2) is 6.58. The Kier molecular flexibility index (Phi) is 5.34. The lowest BCUT2D eigenvalue weighted by Gasteiger charge is -2.19. The molecule has 0 aliphatic rings. The first-order valence-corrected chi connectivity index (χ1v) is 7.77. The lowest BCUT2D eigenvalue weighted by atomic mass is 10.3. The van der Waals surface area contributed by atoms with Crippen LogP contribution in [0.25, 0.3) is 0 Å². The van der Waals surface area contributed by atoms with Crippen LogP contribution in [0, 0.1) is 0 Å². The highest BCUT2D eigenvalue weighted by Crippen LogP contribution is 2.19. The summed E-state index contributed by atoms with van der Waals surface area (Å²) in [5.74, 6) is -0.0745. The van der Waals surface area contributed by atoms with Gasteiger partial charge in [0, 0.05) is 24.5 Å². The fraction of sp³-hybridized carbons (Fsp3) is 0.417. The third kappa shape index (κ3) is 4.39. The molecule has 5 N–H and O–H groups in total. The van der Waals surface area contributed by atoms with E-state index in [1.165, 1.54) is 12.1 Å². The first kappa shape index (κ1) is 16.3. The second-order valence-corrected chi connectivity index (χ2v) is 5.82. The summed E-state index contributed by atoms with van der Waals surface area (Å²) in [6.45, 7) is 5.09. The van der Waals surface area contributed by atoms with E-state index < -0.39 is 10.0 Å². The smallest absolute Gasteiger partial charge is 0.241 e. The van der Waals surface area contributed by atoms with Crippen LogP contribution in [0.15, 0.2) is 23.1 Å². The Morgan fingerprint density at radius 3 is 2.35 bits per heavy atom. The monoisotopic (exact) mass is 300 g/mol. The quantitative estimate of drug-likeness (QED) is 0.648. The number of nitrogens with zero attached hydrogens (tertiary/aromatic N) is 1. The summed E-state index contributed by atoms with van der Waals surface area (Å²) < 4.78 is 22.6. The van der Waals surface area contributed by atoms with Crippen molar-refractivity contribution in [2.45, 2.75) is 18.7 Å². The molecule has 8 heteroatoms. The number of nitrogens with one attached hydrogen (secondary N) is 1. The van der Waals surface area contributed by atoms with Crippen molar-refractivity contribution in [1.82, 2.24) is 4.90 Å². The van der Waals surface area contributed by atoms with Crippen molar-refractivity contribution in [2.75, 3.05) is 30.7 Å². The second-order valence-electron chi connectivity index (χ2n) is 4.26. The highest BCUT2D eigenvalue weighted by atomic mass is 32.2. The molecule has 1 aromatic carbocycles. The number of likely N-dealkylation sites (N-methyl/N-ethyl adjacent to an activating group) is 1. The van der Waals surface area contributed by atoms with E-state index in [-0.39, 0.29) is 23.0 Å². The topological polar surface area (TPSA) is 119 Å². The molecule has 0 spiro atoms. The normalized spacial score (nSPS) is 11.2. The minimum atomic E-state index is -3.83. The largest absolute Gasteiger partial charge is 0.399 e. The summed E-state index contributed by atoms with van der Waals surface area (Å²) in [5.41, 5.74) is 6.32. The van der Waals surface area contributed by atoms with Crippen molar-refractivity contribution in [3.63, 3.8) is 0 Å². The van der Waals surface area contributed by atoms with E-state index in [2.05, 4.69) is 5.32 Å². The Hall–Kier alpha value is -1.80. The van der Waals surface area contributed by atoms with Crippen molar-refractivity contribution in [1.29, 1.82) is 0 Å². The van der Waals surface area contributed by atoms with E-state index in [1.807, 2.05) is 13.8 Å². The van der Waals surface area contributed by atoms with Gasteiger partial charge in [-0.05, 0) is 32.0 Å². The number of carbonyl (C=O) groups is 1. The van der Waals surface area contributed by atoms with Gasteiger partial charge in [-0.25, -0.2) is 13.6 Å². The SMILES string of the molecule is CCN(CC)C(=O)CNc1cc(N)cc(S(N)(=O)=O)c1. The van der Waals surface area contributed by atoms with Gasteiger partial charge in [0.05, 0.1) is 11.4 Å². The van der Waals surface area contributed by atoms with Gasteiger partial charge in [-0.15, -0.1) is 0 Å². The van der Waals surface area contributed by atoms with Gasteiger partial charge in [-0.1, -0.05) is 0 Å². The van der Waals surface area contributed by atoms with Crippen LogP contribution in [0.3, 0.4) is 0 Å². The summed E-state index contributed by atoms with van der Waals surface area (Å²) in [7, 11) is -3.83. The number of sulfonamides is 1. The van der Waals surface area contributed by atoms with Crippen LogP contribution in [0.5, 0.6) is 0 Å². The highest BCUT2D eigenvalue weighted by molar-refractivity contribution is 7.89. The Bertz CT molecular complexity index is 582. The Balaban J connectivity index is 2.84. The minimum absolute atomic E-state index is 0.0647. The molecule has 0 aromatic heterocycles. The van der Waals surface area contributed by atoms with Crippen molar-refractivity contribution in [3.05, 3.63) is 18.2 Å². The van der Waals surface area contributed by atoms with E-state index in [0.29, 0.717) is 18.8 Å².